The third-order valence-electron chi connectivity index (χ3n) is 3.52. The minimum Gasteiger partial charge on any atom is -0.376 e. The van der Waals surface area contributed by atoms with Crippen LogP contribution >= 0.6 is 11.6 Å². The fraction of sp³-hybridized carbons (Fsp3) is 0.692. The van der Waals surface area contributed by atoms with E-state index in [1.165, 1.54) is 6.42 Å². The molecule has 18 heavy (non-hydrogen) atoms. The second-order valence-electron chi connectivity index (χ2n) is 5.18. The molecule has 0 saturated heterocycles. The number of aromatic nitrogens is 2. The van der Waals surface area contributed by atoms with Gasteiger partial charge in [-0.3, -0.25) is 0 Å². The minimum absolute atomic E-state index is 0.0184. The monoisotopic (exact) mass is 269 g/mol. The highest BCUT2D eigenvalue weighted by Crippen LogP contribution is 2.35. The third-order valence-corrected chi connectivity index (χ3v) is 3.71. The summed E-state index contributed by atoms with van der Waals surface area (Å²) in [6.45, 7) is 4.88. The number of methoxy groups -OCH3 is 1. The van der Waals surface area contributed by atoms with Crippen LogP contribution in [0.1, 0.15) is 44.9 Å². The molecule has 1 aliphatic rings. The van der Waals surface area contributed by atoms with Gasteiger partial charge in [0.25, 0.3) is 0 Å². The van der Waals surface area contributed by atoms with Crippen LogP contribution in [0.5, 0.6) is 0 Å². The summed E-state index contributed by atoms with van der Waals surface area (Å²) >= 11 is 6.00. The highest BCUT2D eigenvalue weighted by Gasteiger charge is 2.36. The van der Waals surface area contributed by atoms with Gasteiger partial charge in [-0.2, -0.15) is 0 Å². The Kier molecular flexibility index (Phi) is 4.07. The Bertz CT molecular complexity index is 413. The number of hydrogen-bond acceptors (Lipinski definition) is 4. The molecule has 0 atom stereocenters. The normalized spacial score (nSPS) is 17.6. The lowest BCUT2D eigenvalue weighted by molar-refractivity contribution is -0.0601. The number of rotatable bonds is 5. The lowest BCUT2D eigenvalue weighted by atomic mass is 9.80. The van der Waals surface area contributed by atoms with Crippen molar-refractivity contribution in [3.8, 4) is 0 Å². The lowest BCUT2D eigenvalue weighted by Gasteiger charge is -2.40. The smallest absolute Gasteiger partial charge is 0.135 e. The molecule has 0 unspecified atom stereocenters. The molecule has 0 radical (unpaired) electrons. The molecule has 0 aromatic carbocycles. The van der Waals surface area contributed by atoms with Crippen molar-refractivity contribution in [1.29, 1.82) is 0 Å². The molecule has 1 fully saturated rings. The van der Waals surface area contributed by atoms with E-state index in [1.54, 1.807) is 13.2 Å². The van der Waals surface area contributed by atoms with Crippen LogP contribution in [0.25, 0.3) is 0 Å². The molecule has 4 nitrogen and oxygen atoms in total. The maximum atomic E-state index is 6.00. The second kappa shape index (κ2) is 5.41. The second-order valence-corrected chi connectivity index (χ2v) is 5.57. The number of nitrogens with one attached hydrogen (secondary N) is 1. The van der Waals surface area contributed by atoms with Crippen molar-refractivity contribution in [2.24, 2.45) is 0 Å². The average Bonchev–Trinajstić information content (AvgIpc) is 2.27. The van der Waals surface area contributed by atoms with Gasteiger partial charge < -0.3 is 10.1 Å². The zero-order chi connectivity index (χ0) is 13.2. The van der Waals surface area contributed by atoms with Gasteiger partial charge in [0.15, 0.2) is 0 Å². The summed E-state index contributed by atoms with van der Waals surface area (Å²) in [6, 6.07) is 1.76. The van der Waals surface area contributed by atoms with Crippen LogP contribution < -0.4 is 5.32 Å². The van der Waals surface area contributed by atoms with Crippen LogP contribution in [-0.4, -0.2) is 29.2 Å². The molecule has 1 N–H and O–H groups in total. The summed E-state index contributed by atoms with van der Waals surface area (Å²) in [5.41, 5.74) is -0.0184. The van der Waals surface area contributed by atoms with E-state index in [9.17, 15) is 0 Å². The van der Waals surface area contributed by atoms with Gasteiger partial charge in [0, 0.05) is 25.6 Å². The lowest BCUT2D eigenvalue weighted by Crippen LogP contribution is -2.45. The SMILES string of the molecule is COC1(CNc2cc(Cl)nc(C(C)C)n2)CCC1. The van der Waals surface area contributed by atoms with Crippen LogP contribution in [-0.2, 0) is 4.74 Å². The maximum Gasteiger partial charge on any atom is 0.135 e. The Morgan fingerprint density at radius 3 is 2.67 bits per heavy atom. The van der Waals surface area contributed by atoms with Gasteiger partial charge in [-0.05, 0) is 19.3 Å². The van der Waals surface area contributed by atoms with E-state index in [0.29, 0.717) is 5.15 Å². The van der Waals surface area contributed by atoms with Gasteiger partial charge in [-0.25, -0.2) is 9.97 Å². The summed E-state index contributed by atoms with van der Waals surface area (Å²) in [6.07, 6.45) is 3.44. The van der Waals surface area contributed by atoms with E-state index >= 15 is 0 Å². The molecule has 100 valence electrons. The van der Waals surface area contributed by atoms with E-state index in [-0.39, 0.29) is 11.5 Å². The molecule has 5 heteroatoms. The predicted octanol–water partition coefficient (Wildman–Crippen LogP) is 3.23. The number of anilines is 1. The van der Waals surface area contributed by atoms with E-state index < -0.39 is 0 Å². The summed E-state index contributed by atoms with van der Waals surface area (Å²) < 4.78 is 5.56. The minimum atomic E-state index is -0.0184. The molecule has 0 amide bonds. The third kappa shape index (κ3) is 2.93. The summed E-state index contributed by atoms with van der Waals surface area (Å²) in [4.78, 5) is 8.68. The molecule has 0 aliphatic heterocycles. The predicted molar refractivity (Wildman–Crippen MR) is 73.2 cm³/mol. The number of ether oxygens (including phenoxy) is 1. The molecule has 2 rings (SSSR count). The number of halogens is 1. The van der Waals surface area contributed by atoms with Crippen molar-refractivity contribution in [3.63, 3.8) is 0 Å². The molecule has 1 heterocycles. The van der Waals surface area contributed by atoms with Gasteiger partial charge in [0.2, 0.25) is 0 Å². The van der Waals surface area contributed by atoms with E-state index in [1.807, 2.05) is 0 Å². The molecule has 0 bridgehead atoms. The van der Waals surface area contributed by atoms with Gasteiger partial charge in [0.1, 0.15) is 16.8 Å². The standard InChI is InChI=1S/C13H20ClN3O/c1-9(2)12-16-10(14)7-11(17-12)15-8-13(18-3)5-4-6-13/h7,9H,4-6,8H2,1-3H3,(H,15,16,17). The average molecular weight is 270 g/mol. The van der Waals surface area contributed by atoms with E-state index in [2.05, 4.69) is 29.1 Å². The molecule has 1 aliphatic carbocycles. The van der Waals surface area contributed by atoms with Crippen LogP contribution in [0.15, 0.2) is 6.07 Å². The highest BCUT2D eigenvalue weighted by molar-refractivity contribution is 6.29. The quantitative estimate of drug-likeness (QED) is 0.834. The van der Waals surface area contributed by atoms with Crippen LogP contribution in [0.3, 0.4) is 0 Å². The first-order chi connectivity index (χ1) is 8.54. The van der Waals surface area contributed by atoms with E-state index in [4.69, 9.17) is 16.3 Å². The van der Waals surface area contributed by atoms with Crippen LogP contribution in [0.2, 0.25) is 5.15 Å². The first-order valence-electron chi connectivity index (χ1n) is 6.38. The van der Waals surface area contributed by atoms with Crippen molar-refractivity contribution >= 4 is 17.4 Å². The van der Waals surface area contributed by atoms with Crippen LogP contribution in [0, 0.1) is 0 Å². The summed E-state index contributed by atoms with van der Waals surface area (Å²) in [5, 5.41) is 3.80. The van der Waals surface area contributed by atoms with E-state index in [0.717, 1.165) is 31.0 Å². The molecule has 1 saturated carbocycles. The van der Waals surface area contributed by atoms with Gasteiger partial charge in [-0.1, -0.05) is 25.4 Å². The van der Waals surface area contributed by atoms with Gasteiger partial charge >= 0.3 is 0 Å². The first kappa shape index (κ1) is 13.6. The molecular formula is C13H20ClN3O. The van der Waals surface area contributed by atoms with Crippen molar-refractivity contribution < 1.29 is 4.74 Å². The Balaban J connectivity index is 2.05. The molecule has 1 aromatic heterocycles. The number of nitrogens with zero attached hydrogens (tertiary/aromatic N) is 2. The van der Waals surface area contributed by atoms with Crippen molar-refractivity contribution in [1.82, 2.24) is 9.97 Å². The molecule has 1 aromatic rings. The molecular weight excluding hydrogens is 250 g/mol. The largest absolute Gasteiger partial charge is 0.376 e. The van der Waals surface area contributed by atoms with Gasteiger partial charge in [0.05, 0.1) is 5.60 Å². The first-order valence-corrected chi connectivity index (χ1v) is 6.76. The summed E-state index contributed by atoms with van der Waals surface area (Å²) in [5.74, 6) is 1.82. The number of hydrogen-bond donors (Lipinski definition) is 1. The Morgan fingerprint density at radius 2 is 2.17 bits per heavy atom. The maximum absolute atomic E-state index is 6.00. The van der Waals surface area contributed by atoms with Crippen molar-refractivity contribution in [2.75, 3.05) is 19.0 Å². The van der Waals surface area contributed by atoms with Crippen molar-refractivity contribution in [2.45, 2.75) is 44.6 Å². The zero-order valence-electron chi connectivity index (χ0n) is 11.2. The topological polar surface area (TPSA) is 47.0 Å². The Hall–Kier alpha value is -0.870. The fourth-order valence-electron chi connectivity index (χ4n) is 2.06. The zero-order valence-corrected chi connectivity index (χ0v) is 11.9. The fourth-order valence-corrected chi connectivity index (χ4v) is 2.25. The Labute approximate surface area is 113 Å². The summed E-state index contributed by atoms with van der Waals surface area (Å²) in [7, 11) is 1.77. The van der Waals surface area contributed by atoms with Gasteiger partial charge in [-0.15, -0.1) is 0 Å². The molecule has 0 spiro atoms. The van der Waals surface area contributed by atoms with Crippen LogP contribution in [0.4, 0.5) is 5.82 Å². The Morgan fingerprint density at radius 1 is 1.44 bits per heavy atom. The highest BCUT2D eigenvalue weighted by atomic mass is 35.5. The van der Waals surface area contributed by atoms with Crippen molar-refractivity contribution in [3.05, 3.63) is 17.0 Å².